The van der Waals surface area contributed by atoms with Gasteiger partial charge in [-0.2, -0.15) is 0 Å². The molecule has 12 heavy (non-hydrogen) atoms. The maximum absolute atomic E-state index is 9.31. The van der Waals surface area contributed by atoms with Gasteiger partial charge in [0.25, 0.3) is 0 Å². The molecule has 3 heteroatoms. The number of phenols is 1. The van der Waals surface area contributed by atoms with Crippen LogP contribution in [0.25, 0.3) is 0 Å². The highest BCUT2D eigenvalue weighted by molar-refractivity contribution is 5.55. The molecule has 0 spiro atoms. The molecule has 1 rings (SSSR count). The Bertz CT molecular complexity index is 252. The molecule has 0 bridgehead atoms. The molecule has 0 aliphatic carbocycles. The Morgan fingerprint density at radius 2 is 1.75 bits per heavy atom. The number of ether oxygens (including phenoxy) is 2. The van der Waals surface area contributed by atoms with Crippen molar-refractivity contribution in [2.75, 3.05) is 14.2 Å². The first-order valence-corrected chi connectivity index (χ1v) is 3.46. The molecule has 0 unspecified atom stereocenters. The molecule has 0 aliphatic rings. The smallest absolute Gasteiger partial charge is 0.203 e. The second-order valence-corrected chi connectivity index (χ2v) is 2.31. The summed E-state index contributed by atoms with van der Waals surface area (Å²) >= 11 is 0. The van der Waals surface area contributed by atoms with E-state index >= 15 is 0 Å². The standard InChI is InChI=1S/C9H11O3/c1-6-4-5-7(10)9(12-3)8(6)11-2/h4-5,10H,1H2,2-3H3. The predicted octanol–water partition coefficient (Wildman–Crippen LogP) is 1.59. The minimum atomic E-state index is 0.0572. The zero-order chi connectivity index (χ0) is 9.14. The maximum Gasteiger partial charge on any atom is 0.203 e. The van der Waals surface area contributed by atoms with Crippen LogP contribution in [0.4, 0.5) is 0 Å². The number of methoxy groups -OCH3 is 2. The van der Waals surface area contributed by atoms with Crippen molar-refractivity contribution in [1.29, 1.82) is 0 Å². The Labute approximate surface area is 71.5 Å². The van der Waals surface area contributed by atoms with E-state index in [2.05, 4.69) is 6.92 Å². The van der Waals surface area contributed by atoms with Crippen molar-refractivity contribution in [3.63, 3.8) is 0 Å². The Balaban J connectivity index is 3.28. The summed E-state index contributed by atoms with van der Waals surface area (Å²) in [6, 6.07) is 3.18. The van der Waals surface area contributed by atoms with Gasteiger partial charge in [0.1, 0.15) is 0 Å². The Morgan fingerprint density at radius 1 is 1.17 bits per heavy atom. The van der Waals surface area contributed by atoms with Crippen LogP contribution >= 0.6 is 0 Å². The molecule has 0 amide bonds. The second kappa shape index (κ2) is 3.34. The van der Waals surface area contributed by atoms with Gasteiger partial charge in [-0.25, -0.2) is 0 Å². The topological polar surface area (TPSA) is 38.7 Å². The third kappa shape index (κ3) is 1.30. The Morgan fingerprint density at radius 3 is 2.17 bits per heavy atom. The van der Waals surface area contributed by atoms with Crippen LogP contribution in [-0.2, 0) is 0 Å². The summed E-state index contributed by atoms with van der Waals surface area (Å²) in [6.45, 7) is 3.72. The van der Waals surface area contributed by atoms with Crippen LogP contribution in [0.3, 0.4) is 0 Å². The van der Waals surface area contributed by atoms with Gasteiger partial charge in [-0.15, -0.1) is 0 Å². The minimum Gasteiger partial charge on any atom is -0.504 e. The van der Waals surface area contributed by atoms with E-state index in [-0.39, 0.29) is 5.75 Å². The van der Waals surface area contributed by atoms with Crippen LogP contribution < -0.4 is 9.47 Å². The van der Waals surface area contributed by atoms with Gasteiger partial charge >= 0.3 is 0 Å². The summed E-state index contributed by atoms with van der Waals surface area (Å²) in [5.41, 5.74) is 0.687. The van der Waals surface area contributed by atoms with Gasteiger partial charge in [-0.05, 0) is 18.6 Å². The van der Waals surface area contributed by atoms with E-state index < -0.39 is 0 Å². The van der Waals surface area contributed by atoms with E-state index in [9.17, 15) is 5.11 Å². The van der Waals surface area contributed by atoms with E-state index in [0.717, 1.165) is 0 Å². The Kier molecular flexibility index (Phi) is 2.43. The van der Waals surface area contributed by atoms with E-state index in [1.165, 1.54) is 20.3 Å². The number of rotatable bonds is 2. The average Bonchev–Trinajstić information content (AvgIpc) is 2.08. The molecule has 0 aromatic heterocycles. The van der Waals surface area contributed by atoms with Gasteiger partial charge < -0.3 is 14.6 Å². The number of hydrogen-bond donors (Lipinski definition) is 1. The molecule has 0 saturated heterocycles. The number of benzene rings is 1. The van der Waals surface area contributed by atoms with Crippen molar-refractivity contribution >= 4 is 0 Å². The molecule has 3 nitrogen and oxygen atoms in total. The average molecular weight is 167 g/mol. The molecule has 1 aromatic carbocycles. The van der Waals surface area contributed by atoms with Gasteiger partial charge in [0.2, 0.25) is 5.75 Å². The van der Waals surface area contributed by atoms with E-state index in [1.54, 1.807) is 6.07 Å². The van der Waals surface area contributed by atoms with Crippen molar-refractivity contribution in [2.24, 2.45) is 0 Å². The maximum atomic E-state index is 9.31. The molecule has 65 valence electrons. The minimum absolute atomic E-state index is 0.0572. The lowest BCUT2D eigenvalue weighted by atomic mass is 10.2. The second-order valence-electron chi connectivity index (χ2n) is 2.31. The molecule has 1 aromatic rings. The lowest BCUT2D eigenvalue weighted by Gasteiger charge is -2.10. The summed E-state index contributed by atoms with van der Waals surface area (Å²) in [4.78, 5) is 0. The SMILES string of the molecule is [CH2]c1ccc(O)c(OC)c1OC. The van der Waals surface area contributed by atoms with Crippen molar-refractivity contribution in [1.82, 2.24) is 0 Å². The van der Waals surface area contributed by atoms with Crippen LogP contribution in [0, 0.1) is 6.92 Å². The van der Waals surface area contributed by atoms with Gasteiger partial charge in [0.05, 0.1) is 14.2 Å². The fourth-order valence-corrected chi connectivity index (χ4v) is 1.01. The third-order valence-corrected chi connectivity index (χ3v) is 1.58. The summed E-state index contributed by atoms with van der Waals surface area (Å²) < 4.78 is 9.93. The van der Waals surface area contributed by atoms with Crippen LogP contribution in [0.2, 0.25) is 0 Å². The van der Waals surface area contributed by atoms with E-state index in [4.69, 9.17) is 9.47 Å². The molecule has 0 fully saturated rings. The Hall–Kier alpha value is -1.38. The van der Waals surface area contributed by atoms with E-state index in [0.29, 0.717) is 17.1 Å². The monoisotopic (exact) mass is 167 g/mol. The van der Waals surface area contributed by atoms with Crippen molar-refractivity contribution < 1.29 is 14.6 Å². The largest absolute Gasteiger partial charge is 0.504 e. The molecule has 0 heterocycles. The molecular weight excluding hydrogens is 156 g/mol. The van der Waals surface area contributed by atoms with Crippen LogP contribution in [0.15, 0.2) is 12.1 Å². The number of hydrogen-bond acceptors (Lipinski definition) is 3. The van der Waals surface area contributed by atoms with Gasteiger partial charge in [0.15, 0.2) is 11.5 Å². The molecule has 0 saturated carbocycles. The van der Waals surface area contributed by atoms with Crippen molar-refractivity contribution in [3.05, 3.63) is 24.6 Å². The summed E-state index contributed by atoms with van der Waals surface area (Å²) in [5.74, 6) is 0.851. The molecule has 1 radical (unpaired) electrons. The highest BCUT2D eigenvalue weighted by Crippen LogP contribution is 2.38. The van der Waals surface area contributed by atoms with Crippen LogP contribution in [0.1, 0.15) is 5.56 Å². The molecule has 0 atom stereocenters. The first-order chi connectivity index (χ1) is 5.70. The van der Waals surface area contributed by atoms with Crippen molar-refractivity contribution in [2.45, 2.75) is 0 Å². The van der Waals surface area contributed by atoms with Crippen molar-refractivity contribution in [3.8, 4) is 17.2 Å². The normalized spacial score (nSPS) is 9.58. The molecule has 0 aliphatic heterocycles. The lowest BCUT2D eigenvalue weighted by molar-refractivity contribution is 0.332. The van der Waals surface area contributed by atoms with Gasteiger partial charge in [-0.1, -0.05) is 6.07 Å². The van der Waals surface area contributed by atoms with Gasteiger partial charge in [-0.3, -0.25) is 0 Å². The first kappa shape index (κ1) is 8.71. The summed E-state index contributed by atoms with van der Waals surface area (Å²) in [6.07, 6.45) is 0. The quantitative estimate of drug-likeness (QED) is 0.727. The molecular formula is C9H11O3. The highest BCUT2D eigenvalue weighted by atomic mass is 16.5. The summed E-state index contributed by atoms with van der Waals surface area (Å²) in [5, 5.41) is 9.31. The van der Waals surface area contributed by atoms with E-state index in [1.807, 2.05) is 0 Å². The predicted molar refractivity (Wildman–Crippen MR) is 45.7 cm³/mol. The highest BCUT2D eigenvalue weighted by Gasteiger charge is 2.10. The third-order valence-electron chi connectivity index (χ3n) is 1.58. The van der Waals surface area contributed by atoms with Gasteiger partial charge in [0, 0.05) is 0 Å². The molecule has 1 N–H and O–H groups in total. The number of aromatic hydroxyl groups is 1. The zero-order valence-corrected chi connectivity index (χ0v) is 7.13. The summed E-state index contributed by atoms with van der Waals surface area (Å²) in [7, 11) is 2.98. The van der Waals surface area contributed by atoms with Crippen LogP contribution in [-0.4, -0.2) is 19.3 Å². The zero-order valence-electron chi connectivity index (χ0n) is 7.13. The van der Waals surface area contributed by atoms with Crippen LogP contribution in [0.5, 0.6) is 17.2 Å². The lowest BCUT2D eigenvalue weighted by Crippen LogP contribution is -1.92. The fourth-order valence-electron chi connectivity index (χ4n) is 1.01. The fraction of sp³-hybridized carbons (Fsp3) is 0.222. The first-order valence-electron chi connectivity index (χ1n) is 3.46. The number of phenolic OH excluding ortho intramolecular Hbond substituents is 1.